The number of allylic oxidation sites excluding steroid dienone is 1. The normalized spacial score (nSPS) is 20.6. The number of aromatic nitrogens is 2. The van der Waals surface area contributed by atoms with Gasteiger partial charge in [-0.1, -0.05) is 13.0 Å². The molecule has 4 rings (SSSR count). The molecule has 1 amide bonds. The molecule has 2 aliphatic heterocycles. The number of benzene rings is 1. The number of rotatable bonds is 5. The number of nitrogens with two attached hydrogens (primary N) is 1. The number of carbonyl (C=O) groups excluding carboxylic acids is 1. The van der Waals surface area contributed by atoms with Crippen molar-refractivity contribution in [3.05, 3.63) is 41.0 Å². The summed E-state index contributed by atoms with van der Waals surface area (Å²) in [6.45, 7) is 2.82. The van der Waals surface area contributed by atoms with Gasteiger partial charge in [0.2, 0.25) is 0 Å². The quantitative estimate of drug-likeness (QED) is 0.646. The summed E-state index contributed by atoms with van der Waals surface area (Å²) >= 11 is 0. The maximum absolute atomic E-state index is 12.0. The predicted molar refractivity (Wildman–Crippen MR) is 111 cm³/mol. The first-order valence-electron chi connectivity index (χ1n) is 9.82. The predicted octanol–water partition coefficient (Wildman–Crippen LogP) is 2.03. The number of anilines is 2. The standard InChI is InChI=1S/C20H22BN5O4/c1-2-14-7-13-8-15(3-4-18(13)30-21(14)28)24-20-16(19(23)27)10-26(25-20)17-11-29-6-5-12(17)9-22/h3-4,7-8,10,12,17,28H,2,5-6,11H2,1H3,(H2,23,27)(H,24,25)/t12-,17+/m0/s1. The van der Waals surface area contributed by atoms with Crippen LogP contribution < -0.4 is 15.7 Å². The van der Waals surface area contributed by atoms with Gasteiger partial charge in [0.25, 0.3) is 5.91 Å². The molecule has 1 fully saturated rings. The highest BCUT2D eigenvalue weighted by Crippen LogP contribution is 2.33. The van der Waals surface area contributed by atoms with Crippen LogP contribution in [-0.2, 0) is 4.74 Å². The van der Waals surface area contributed by atoms with Gasteiger partial charge in [0.1, 0.15) is 11.3 Å². The molecule has 0 aliphatic carbocycles. The van der Waals surface area contributed by atoms with Crippen molar-refractivity contribution in [2.45, 2.75) is 25.8 Å². The number of nitriles is 1. The average Bonchev–Trinajstić information content (AvgIpc) is 3.17. The van der Waals surface area contributed by atoms with Crippen molar-refractivity contribution in [1.29, 1.82) is 5.26 Å². The topological polar surface area (TPSA) is 135 Å². The van der Waals surface area contributed by atoms with Crippen LogP contribution in [0.2, 0.25) is 0 Å². The second kappa shape index (κ2) is 8.22. The summed E-state index contributed by atoms with van der Waals surface area (Å²) in [5, 5.41) is 27.0. The smallest absolute Gasteiger partial charge is 0.532 e. The number of hydrogen-bond donors (Lipinski definition) is 3. The van der Waals surface area contributed by atoms with E-state index in [1.165, 1.54) is 0 Å². The number of nitrogens with zero attached hydrogens (tertiary/aromatic N) is 3. The lowest BCUT2D eigenvalue weighted by Gasteiger charge is -2.26. The first kappa shape index (κ1) is 20.0. The minimum atomic E-state index is -0.940. The zero-order chi connectivity index (χ0) is 21.3. The van der Waals surface area contributed by atoms with Gasteiger partial charge in [0.05, 0.1) is 24.6 Å². The summed E-state index contributed by atoms with van der Waals surface area (Å²) < 4.78 is 12.6. The van der Waals surface area contributed by atoms with E-state index < -0.39 is 13.0 Å². The van der Waals surface area contributed by atoms with Gasteiger partial charge < -0.3 is 25.5 Å². The van der Waals surface area contributed by atoms with Gasteiger partial charge in [-0.15, -0.1) is 0 Å². The third-order valence-corrected chi connectivity index (χ3v) is 5.41. The van der Waals surface area contributed by atoms with E-state index >= 15 is 0 Å². The third kappa shape index (κ3) is 3.77. The van der Waals surface area contributed by atoms with Crippen LogP contribution in [-0.4, -0.2) is 41.0 Å². The Morgan fingerprint density at radius 1 is 1.53 bits per heavy atom. The summed E-state index contributed by atoms with van der Waals surface area (Å²) in [5.74, 6) is 0.00649. The van der Waals surface area contributed by atoms with Gasteiger partial charge in [0.15, 0.2) is 5.82 Å². The molecule has 2 aliphatic rings. The molecule has 30 heavy (non-hydrogen) atoms. The monoisotopic (exact) mass is 407 g/mol. The SMILES string of the molecule is CCC1=Cc2cc(Nc3nn([C@@H]4COCC[C@H]4C#N)cc3C(N)=O)ccc2OB1O. The Hall–Kier alpha value is -3.29. The molecule has 0 spiro atoms. The average molecular weight is 407 g/mol. The van der Waals surface area contributed by atoms with Crippen molar-refractivity contribution in [2.75, 3.05) is 18.5 Å². The van der Waals surface area contributed by atoms with Gasteiger partial charge in [-0.2, -0.15) is 10.4 Å². The Morgan fingerprint density at radius 2 is 2.37 bits per heavy atom. The zero-order valence-corrected chi connectivity index (χ0v) is 16.5. The Bertz CT molecular complexity index is 1040. The minimum Gasteiger partial charge on any atom is -0.532 e. The Morgan fingerprint density at radius 3 is 3.10 bits per heavy atom. The van der Waals surface area contributed by atoms with E-state index in [0.717, 1.165) is 11.0 Å². The summed E-state index contributed by atoms with van der Waals surface area (Å²) in [6, 6.07) is 7.36. The van der Waals surface area contributed by atoms with Crippen molar-refractivity contribution in [3.8, 4) is 11.8 Å². The zero-order valence-electron chi connectivity index (χ0n) is 16.5. The lowest BCUT2D eigenvalue weighted by molar-refractivity contribution is 0.0342. The minimum absolute atomic E-state index is 0.228. The number of fused-ring (bicyclic) bond motifs is 1. The van der Waals surface area contributed by atoms with Gasteiger partial charge in [-0.25, -0.2) is 0 Å². The Labute approximate surface area is 174 Å². The third-order valence-electron chi connectivity index (χ3n) is 5.41. The lowest BCUT2D eigenvalue weighted by Crippen LogP contribution is -2.29. The number of ether oxygens (including phenoxy) is 1. The molecule has 154 valence electrons. The van der Waals surface area contributed by atoms with Crippen LogP contribution in [0.5, 0.6) is 5.75 Å². The van der Waals surface area contributed by atoms with Gasteiger partial charge in [0, 0.05) is 24.1 Å². The van der Waals surface area contributed by atoms with Crippen molar-refractivity contribution < 1.29 is 19.2 Å². The summed E-state index contributed by atoms with van der Waals surface area (Å²) in [6.07, 6.45) is 4.72. The number of carbonyl (C=O) groups is 1. The van der Waals surface area contributed by atoms with Gasteiger partial charge in [-0.3, -0.25) is 9.48 Å². The first-order valence-corrected chi connectivity index (χ1v) is 9.82. The molecule has 0 radical (unpaired) electrons. The molecule has 1 aromatic carbocycles. The van der Waals surface area contributed by atoms with Crippen molar-refractivity contribution >= 4 is 30.6 Å². The number of amides is 1. The van der Waals surface area contributed by atoms with Crippen molar-refractivity contribution in [3.63, 3.8) is 0 Å². The molecular formula is C20H22BN5O4. The number of hydrogen-bond acceptors (Lipinski definition) is 7. The van der Waals surface area contributed by atoms with E-state index in [2.05, 4.69) is 16.5 Å². The van der Waals surface area contributed by atoms with Crippen molar-refractivity contribution in [2.24, 2.45) is 11.7 Å². The van der Waals surface area contributed by atoms with Crippen LogP contribution in [0.1, 0.15) is 41.7 Å². The van der Waals surface area contributed by atoms with Crippen LogP contribution in [0, 0.1) is 17.2 Å². The van der Waals surface area contributed by atoms with Crippen LogP contribution in [0.3, 0.4) is 0 Å². The second-order valence-corrected chi connectivity index (χ2v) is 7.32. The van der Waals surface area contributed by atoms with Crippen LogP contribution in [0.25, 0.3) is 6.08 Å². The highest BCUT2D eigenvalue weighted by atomic mass is 16.5. The molecule has 0 bridgehead atoms. The van der Waals surface area contributed by atoms with E-state index in [4.69, 9.17) is 15.1 Å². The maximum Gasteiger partial charge on any atom is 0.555 e. The van der Waals surface area contributed by atoms with E-state index in [0.29, 0.717) is 43.3 Å². The molecule has 9 nitrogen and oxygen atoms in total. The van der Waals surface area contributed by atoms with Gasteiger partial charge in [-0.05, 0) is 36.5 Å². The molecular weight excluding hydrogens is 385 g/mol. The fraction of sp³-hybridized carbons (Fsp3) is 0.350. The fourth-order valence-corrected chi connectivity index (χ4v) is 3.70. The summed E-state index contributed by atoms with van der Waals surface area (Å²) in [5.41, 5.74) is 8.06. The van der Waals surface area contributed by atoms with Crippen LogP contribution in [0.15, 0.2) is 29.9 Å². The molecule has 3 heterocycles. The van der Waals surface area contributed by atoms with E-state index in [1.54, 1.807) is 23.0 Å². The highest BCUT2D eigenvalue weighted by Gasteiger charge is 2.30. The van der Waals surface area contributed by atoms with Crippen LogP contribution >= 0.6 is 0 Å². The maximum atomic E-state index is 12.0. The highest BCUT2D eigenvalue weighted by molar-refractivity contribution is 6.54. The van der Waals surface area contributed by atoms with Crippen molar-refractivity contribution in [1.82, 2.24) is 9.78 Å². The fourth-order valence-electron chi connectivity index (χ4n) is 3.70. The molecule has 0 saturated carbocycles. The van der Waals surface area contributed by atoms with E-state index in [9.17, 15) is 15.1 Å². The summed E-state index contributed by atoms with van der Waals surface area (Å²) in [7, 11) is -0.940. The second-order valence-electron chi connectivity index (χ2n) is 7.32. The number of primary amides is 1. The Kier molecular flexibility index (Phi) is 5.48. The lowest BCUT2D eigenvalue weighted by atomic mass is 9.74. The van der Waals surface area contributed by atoms with Crippen LogP contribution in [0.4, 0.5) is 11.5 Å². The number of nitrogens with one attached hydrogen (secondary N) is 1. The molecule has 2 atom stereocenters. The molecule has 0 unspecified atom stereocenters. The summed E-state index contributed by atoms with van der Waals surface area (Å²) in [4.78, 5) is 12.0. The van der Waals surface area contributed by atoms with E-state index in [1.807, 2.05) is 19.1 Å². The molecule has 2 aromatic rings. The van der Waals surface area contributed by atoms with Gasteiger partial charge >= 0.3 is 7.12 Å². The first-order chi connectivity index (χ1) is 14.5. The van der Waals surface area contributed by atoms with E-state index in [-0.39, 0.29) is 17.5 Å². The Balaban J connectivity index is 1.64. The largest absolute Gasteiger partial charge is 0.555 e. The molecule has 4 N–H and O–H groups in total. The molecule has 10 heteroatoms. The molecule has 1 saturated heterocycles. The molecule has 1 aromatic heterocycles.